The molecule has 1 aromatic carbocycles. The van der Waals surface area contributed by atoms with Gasteiger partial charge in [0.1, 0.15) is 5.82 Å². The SMILES string of the molecule is C[C@@H]1C[C@H](N2Cc3cnc(Nc4ccc(CC(F)F)cc4)nc3C2)CCN1Cc1ccnc(NS(C)(=O)=O)c1. The summed E-state index contributed by atoms with van der Waals surface area (Å²) in [5.74, 6) is 0.841. The van der Waals surface area contributed by atoms with E-state index in [1.54, 1.807) is 36.5 Å². The number of hydrogen-bond donors (Lipinski definition) is 2. The standard InChI is InChI=1S/C27H33F2N7O2S/c1-18-11-23(8-10-35(18)15-20-7-9-30-26(13-20)34-39(2,37)38)36-16-21-14-31-27(33-24(21)17-36)32-22-5-3-19(4-6-22)12-25(28)29/h3-7,9,13-14,18,23,25H,8,10-12,15-17H2,1-2H3,(H,30,34)(H,31,32,33)/t18-,23-/m1/s1. The zero-order valence-electron chi connectivity index (χ0n) is 22.0. The normalized spacial score (nSPS) is 20.2. The zero-order valence-corrected chi connectivity index (χ0v) is 22.8. The van der Waals surface area contributed by atoms with Gasteiger partial charge in [-0.2, -0.15) is 0 Å². The quantitative estimate of drug-likeness (QED) is 0.404. The van der Waals surface area contributed by atoms with Gasteiger partial charge in [-0.05, 0) is 55.2 Å². The Morgan fingerprint density at radius 3 is 2.62 bits per heavy atom. The van der Waals surface area contributed by atoms with Gasteiger partial charge in [0.15, 0.2) is 0 Å². The molecule has 2 aromatic heterocycles. The lowest BCUT2D eigenvalue weighted by Crippen LogP contribution is -2.47. The number of rotatable bonds is 9. The summed E-state index contributed by atoms with van der Waals surface area (Å²) in [4.78, 5) is 18.2. The molecule has 0 aliphatic carbocycles. The summed E-state index contributed by atoms with van der Waals surface area (Å²) in [5.41, 5.74) is 4.52. The van der Waals surface area contributed by atoms with Crippen molar-refractivity contribution in [1.82, 2.24) is 24.8 Å². The average molecular weight is 558 g/mol. The molecule has 2 N–H and O–H groups in total. The van der Waals surface area contributed by atoms with Crippen molar-refractivity contribution >= 4 is 27.5 Å². The second-order valence-corrected chi connectivity index (χ2v) is 12.2. The van der Waals surface area contributed by atoms with Crippen LogP contribution in [0, 0.1) is 0 Å². The van der Waals surface area contributed by atoms with Gasteiger partial charge in [-0.3, -0.25) is 14.5 Å². The number of benzene rings is 1. The Morgan fingerprint density at radius 1 is 1.10 bits per heavy atom. The molecule has 2 atom stereocenters. The van der Waals surface area contributed by atoms with Crippen LogP contribution in [0.4, 0.5) is 26.2 Å². The van der Waals surface area contributed by atoms with Crippen molar-refractivity contribution in [3.05, 3.63) is 71.2 Å². The van der Waals surface area contributed by atoms with E-state index < -0.39 is 16.4 Å². The Balaban J connectivity index is 1.15. The lowest BCUT2D eigenvalue weighted by Gasteiger charge is -2.41. The summed E-state index contributed by atoms with van der Waals surface area (Å²) in [6.45, 7) is 5.50. The number of nitrogens with zero attached hydrogens (tertiary/aromatic N) is 5. The fourth-order valence-electron chi connectivity index (χ4n) is 5.34. The van der Waals surface area contributed by atoms with Crippen LogP contribution in [0.5, 0.6) is 0 Å². The van der Waals surface area contributed by atoms with Crippen molar-refractivity contribution in [2.75, 3.05) is 22.8 Å². The van der Waals surface area contributed by atoms with E-state index in [9.17, 15) is 17.2 Å². The second kappa shape index (κ2) is 11.5. The number of fused-ring (bicyclic) bond motifs is 1. The minimum Gasteiger partial charge on any atom is -0.324 e. The average Bonchev–Trinajstić information content (AvgIpc) is 3.29. The number of alkyl halides is 2. The van der Waals surface area contributed by atoms with Crippen LogP contribution in [-0.2, 0) is 36.1 Å². The van der Waals surface area contributed by atoms with Crippen LogP contribution in [0.25, 0.3) is 0 Å². The van der Waals surface area contributed by atoms with Gasteiger partial charge >= 0.3 is 0 Å². The highest BCUT2D eigenvalue weighted by molar-refractivity contribution is 7.92. The van der Waals surface area contributed by atoms with Crippen molar-refractivity contribution in [2.45, 2.75) is 64.3 Å². The van der Waals surface area contributed by atoms with Crippen molar-refractivity contribution in [1.29, 1.82) is 0 Å². The smallest absolute Gasteiger partial charge is 0.242 e. The molecule has 2 aliphatic rings. The van der Waals surface area contributed by atoms with Crippen LogP contribution in [0.1, 0.15) is 42.1 Å². The predicted octanol–water partition coefficient (Wildman–Crippen LogP) is 4.16. The number of hydrogen-bond acceptors (Lipinski definition) is 8. The molecular weight excluding hydrogens is 524 g/mol. The third-order valence-corrected chi connectivity index (χ3v) is 7.86. The molecule has 0 radical (unpaired) electrons. The number of halogens is 2. The summed E-state index contributed by atoms with van der Waals surface area (Å²) >= 11 is 0. The number of piperidine rings is 1. The van der Waals surface area contributed by atoms with Gasteiger partial charge < -0.3 is 5.32 Å². The minimum atomic E-state index is -3.37. The van der Waals surface area contributed by atoms with Crippen molar-refractivity contribution in [3.63, 3.8) is 0 Å². The number of anilines is 3. The third kappa shape index (κ3) is 7.25. The van der Waals surface area contributed by atoms with Gasteiger partial charge in [0.25, 0.3) is 0 Å². The van der Waals surface area contributed by atoms with Crippen molar-refractivity contribution < 1.29 is 17.2 Å². The van der Waals surface area contributed by atoms with E-state index in [2.05, 4.69) is 36.7 Å². The Hall–Kier alpha value is -3.22. The van der Waals surface area contributed by atoms with Gasteiger partial charge in [-0.1, -0.05) is 12.1 Å². The first kappa shape index (κ1) is 27.4. The van der Waals surface area contributed by atoms with Crippen LogP contribution < -0.4 is 10.0 Å². The highest BCUT2D eigenvalue weighted by Gasteiger charge is 2.33. The molecule has 0 saturated carbocycles. The van der Waals surface area contributed by atoms with Crippen molar-refractivity contribution in [3.8, 4) is 0 Å². The van der Waals surface area contributed by atoms with Crippen LogP contribution in [0.3, 0.4) is 0 Å². The van der Waals surface area contributed by atoms with Crippen LogP contribution in [-0.4, -0.2) is 64.5 Å². The van der Waals surface area contributed by atoms with E-state index in [0.29, 0.717) is 29.4 Å². The first-order valence-electron chi connectivity index (χ1n) is 13.0. The maximum absolute atomic E-state index is 12.6. The van der Waals surface area contributed by atoms with E-state index in [4.69, 9.17) is 4.98 Å². The number of likely N-dealkylation sites (tertiary alicyclic amines) is 1. The Bertz CT molecular complexity index is 1410. The molecule has 0 bridgehead atoms. The zero-order chi connectivity index (χ0) is 27.6. The summed E-state index contributed by atoms with van der Waals surface area (Å²) in [7, 11) is -3.37. The Kier molecular flexibility index (Phi) is 8.06. The number of sulfonamides is 1. The van der Waals surface area contributed by atoms with Gasteiger partial charge in [0, 0.05) is 68.3 Å². The lowest BCUT2D eigenvalue weighted by atomic mass is 9.96. The minimum absolute atomic E-state index is 0.253. The molecular formula is C27H33F2N7O2S. The van der Waals surface area contributed by atoms with Gasteiger partial charge in [0.05, 0.1) is 11.9 Å². The van der Waals surface area contributed by atoms with E-state index in [1.807, 2.05) is 12.3 Å². The largest absolute Gasteiger partial charge is 0.324 e. The maximum Gasteiger partial charge on any atom is 0.242 e. The molecule has 1 saturated heterocycles. The molecule has 3 aromatic rings. The molecule has 1 fully saturated rings. The number of pyridine rings is 1. The highest BCUT2D eigenvalue weighted by Crippen LogP contribution is 2.31. The van der Waals surface area contributed by atoms with Crippen LogP contribution in [0.2, 0.25) is 0 Å². The Morgan fingerprint density at radius 2 is 1.90 bits per heavy atom. The van der Waals surface area contributed by atoms with E-state index in [1.165, 1.54) is 0 Å². The molecule has 0 amide bonds. The molecule has 2 aliphatic heterocycles. The summed E-state index contributed by atoms with van der Waals surface area (Å²) < 4.78 is 50.7. The lowest BCUT2D eigenvalue weighted by molar-refractivity contribution is 0.0655. The highest BCUT2D eigenvalue weighted by atomic mass is 32.2. The molecule has 12 heteroatoms. The monoisotopic (exact) mass is 557 g/mol. The first-order valence-corrected chi connectivity index (χ1v) is 14.9. The third-order valence-electron chi connectivity index (χ3n) is 7.28. The fourth-order valence-corrected chi connectivity index (χ4v) is 5.83. The molecule has 0 spiro atoms. The van der Waals surface area contributed by atoms with Gasteiger partial charge in [-0.25, -0.2) is 32.2 Å². The van der Waals surface area contributed by atoms with Gasteiger partial charge in [-0.15, -0.1) is 0 Å². The first-order chi connectivity index (χ1) is 18.6. The molecule has 0 unspecified atom stereocenters. The number of nitrogens with one attached hydrogen (secondary N) is 2. The van der Waals surface area contributed by atoms with Crippen LogP contribution >= 0.6 is 0 Å². The topological polar surface area (TPSA) is 103 Å². The van der Waals surface area contributed by atoms with E-state index in [0.717, 1.165) is 67.8 Å². The maximum atomic E-state index is 12.6. The van der Waals surface area contributed by atoms with Crippen molar-refractivity contribution in [2.24, 2.45) is 0 Å². The molecule has 5 rings (SSSR count). The molecule has 39 heavy (non-hydrogen) atoms. The van der Waals surface area contributed by atoms with E-state index >= 15 is 0 Å². The second-order valence-electron chi connectivity index (χ2n) is 10.4. The van der Waals surface area contributed by atoms with Gasteiger partial charge in [0.2, 0.25) is 22.4 Å². The fraction of sp³-hybridized carbons (Fsp3) is 0.444. The molecule has 4 heterocycles. The summed E-state index contributed by atoms with van der Waals surface area (Å²) in [6.07, 6.45) is 4.07. The molecule has 9 nitrogen and oxygen atoms in total. The summed E-state index contributed by atoms with van der Waals surface area (Å²) in [6, 6.07) is 11.4. The van der Waals surface area contributed by atoms with Crippen LogP contribution in [0.15, 0.2) is 48.8 Å². The summed E-state index contributed by atoms with van der Waals surface area (Å²) in [5, 5.41) is 3.18. The molecule has 208 valence electrons. The number of aromatic nitrogens is 3. The van der Waals surface area contributed by atoms with E-state index in [-0.39, 0.29) is 6.42 Å². The predicted molar refractivity (Wildman–Crippen MR) is 146 cm³/mol. The Labute approximate surface area is 227 Å².